The maximum absolute atomic E-state index is 12.0. The molecule has 0 aliphatic carbocycles. The summed E-state index contributed by atoms with van der Waals surface area (Å²) in [6.07, 6.45) is -4.50. The topological polar surface area (TPSA) is 38.9 Å². The Morgan fingerprint density at radius 1 is 1.33 bits per heavy atom. The molecule has 0 saturated heterocycles. The Kier molecular flexibility index (Phi) is 2.14. The molecule has 2 N–H and O–H groups in total. The number of nitrogens with two attached hydrogens (primary N) is 1. The largest absolute Gasteiger partial charge is 0.433 e. The van der Waals surface area contributed by atoms with Gasteiger partial charge >= 0.3 is 6.18 Å². The summed E-state index contributed by atoms with van der Waals surface area (Å²) in [5.41, 5.74) is 3.98. The molecule has 6 heteroatoms. The van der Waals surface area contributed by atoms with E-state index in [1.807, 2.05) is 0 Å². The van der Waals surface area contributed by atoms with Gasteiger partial charge in [-0.1, -0.05) is 11.6 Å². The van der Waals surface area contributed by atoms with Gasteiger partial charge in [0.05, 0.1) is 0 Å². The lowest BCUT2D eigenvalue weighted by atomic mass is 10.3. The lowest BCUT2D eigenvalue weighted by molar-refractivity contribution is -0.141. The first-order valence-corrected chi connectivity index (χ1v) is 3.27. The Hall–Kier alpha value is -0.970. The quantitative estimate of drug-likeness (QED) is 0.692. The van der Waals surface area contributed by atoms with Crippen LogP contribution in [0.15, 0.2) is 12.1 Å². The van der Waals surface area contributed by atoms with Crippen molar-refractivity contribution in [2.45, 2.75) is 6.18 Å². The minimum absolute atomic E-state index is 0.0742. The van der Waals surface area contributed by atoms with Crippen LogP contribution in [-0.2, 0) is 6.18 Å². The summed E-state index contributed by atoms with van der Waals surface area (Å²) in [5, 5.41) is -0.0742. The standard InChI is InChI=1S/C6H4ClF3N2/c7-3-1-4(6(8,9)10)12-5(11)2-3/h1-2H,(H2,11,12). The highest BCUT2D eigenvalue weighted by molar-refractivity contribution is 6.30. The molecule has 0 amide bonds. The van der Waals surface area contributed by atoms with Crippen molar-refractivity contribution < 1.29 is 13.2 Å². The van der Waals surface area contributed by atoms with Crippen LogP contribution < -0.4 is 5.73 Å². The van der Waals surface area contributed by atoms with Crippen LogP contribution >= 0.6 is 11.6 Å². The zero-order chi connectivity index (χ0) is 9.35. The summed E-state index contributed by atoms with van der Waals surface area (Å²) in [4.78, 5) is 3.07. The van der Waals surface area contributed by atoms with Crippen molar-refractivity contribution in [1.82, 2.24) is 4.98 Å². The van der Waals surface area contributed by atoms with Gasteiger partial charge in [0.15, 0.2) is 0 Å². The Balaban J connectivity index is 3.18. The molecule has 1 heterocycles. The molecule has 66 valence electrons. The predicted molar refractivity (Wildman–Crippen MR) is 38.7 cm³/mol. The van der Waals surface area contributed by atoms with Gasteiger partial charge < -0.3 is 5.73 Å². The predicted octanol–water partition coefficient (Wildman–Crippen LogP) is 2.34. The first-order chi connectivity index (χ1) is 5.39. The van der Waals surface area contributed by atoms with Crippen LogP contribution in [0, 0.1) is 0 Å². The van der Waals surface area contributed by atoms with E-state index in [0.29, 0.717) is 0 Å². The summed E-state index contributed by atoms with van der Waals surface area (Å²) >= 11 is 5.34. The van der Waals surface area contributed by atoms with Gasteiger partial charge in [0.25, 0.3) is 0 Å². The molecule has 0 atom stereocenters. The van der Waals surface area contributed by atoms with Crippen molar-refractivity contribution in [1.29, 1.82) is 0 Å². The third-order valence-electron chi connectivity index (χ3n) is 1.10. The molecule has 0 bridgehead atoms. The fourth-order valence-electron chi connectivity index (χ4n) is 0.662. The van der Waals surface area contributed by atoms with Crippen molar-refractivity contribution in [3.63, 3.8) is 0 Å². The van der Waals surface area contributed by atoms with E-state index in [0.717, 1.165) is 12.1 Å². The van der Waals surface area contributed by atoms with Gasteiger partial charge in [0.2, 0.25) is 0 Å². The third-order valence-corrected chi connectivity index (χ3v) is 1.32. The molecule has 0 saturated carbocycles. The van der Waals surface area contributed by atoms with Crippen LogP contribution in [0.2, 0.25) is 5.02 Å². The first-order valence-electron chi connectivity index (χ1n) is 2.90. The van der Waals surface area contributed by atoms with Gasteiger partial charge in [-0.3, -0.25) is 0 Å². The van der Waals surface area contributed by atoms with E-state index in [1.165, 1.54) is 0 Å². The molecule has 1 rings (SSSR count). The Morgan fingerprint density at radius 2 is 1.92 bits per heavy atom. The molecular weight excluding hydrogens is 193 g/mol. The lowest BCUT2D eigenvalue weighted by Crippen LogP contribution is -2.09. The van der Waals surface area contributed by atoms with E-state index in [4.69, 9.17) is 17.3 Å². The Labute approximate surface area is 71.2 Å². The fourth-order valence-corrected chi connectivity index (χ4v) is 0.878. The minimum atomic E-state index is -4.50. The molecule has 0 spiro atoms. The van der Waals surface area contributed by atoms with Crippen LogP contribution in [0.3, 0.4) is 0 Å². The van der Waals surface area contributed by atoms with E-state index in [1.54, 1.807) is 0 Å². The van der Waals surface area contributed by atoms with Crippen molar-refractivity contribution >= 4 is 17.4 Å². The molecular formula is C6H4ClF3N2. The molecule has 0 aliphatic rings. The van der Waals surface area contributed by atoms with Gasteiger partial charge in [0, 0.05) is 5.02 Å². The molecule has 0 aliphatic heterocycles. The summed E-state index contributed by atoms with van der Waals surface area (Å²) in [6.45, 7) is 0. The van der Waals surface area contributed by atoms with Crippen molar-refractivity contribution in [2.75, 3.05) is 5.73 Å². The van der Waals surface area contributed by atoms with Gasteiger partial charge in [-0.05, 0) is 12.1 Å². The molecule has 2 nitrogen and oxygen atoms in total. The average molecular weight is 197 g/mol. The maximum atomic E-state index is 12.0. The minimum Gasteiger partial charge on any atom is -0.384 e. The number of nitrogen functional groups attached to an aromatic ring is 1. The highest BCUT2D eigenvalue weighted by Crippen LogP contribution is 2.29. The number of hydrogen-bond donors (Lipinski definition) is 1. The third kappa shape index (κ3) is 2.01. The maximum Gasteiger partial charge on any atom is 0.433 e. The summed E-state index contributed by atoms with van der Waals surface area (Å²) < 4.78 is 35.9. The summed E-state index contributed by atoms with van der Waals surface area (Å²) in [5.74, 6) is -0.241. The van der Waals surface area contributed by atoms with Crippen LogP contribution in [0.1, 0.15) is 5.69 Å². The van der Waals surface area contributed by atoms with E-state index in [2.05, 4.69) is 4.98 Å². The zero-order valence-corrected chi connectivity index (χ0v) is 6.45. The van der Waals surface area contributed by atoms with Gasteiger partial charge in [-0.25, -0.2) is 4.98 Å². The second-order valence-electron chi connectivity index (χ2n) is 2.09. The summed E-state index contributed by atoms with van der Waals surface area (Å²) in [6, 6.07) is 1.87. The first kappa shape index (κ1) is 9.12. The normalized spacial score (nSPS) is 11.7. The van der Waals surface area contributed by atoms with E-state index >= 15 is 0 Å². The smallest absolute Gasteiger partial charge is 0.384 e. The zero-order valence-electron chi connectivity index (χ0n) is 5.69. The van der Waals surface area contributed by atoms with E-state index in [9.17, 15) is 13.2 Å². The van der Waals surface area contributed by atoms with Gasteiger partial charge in [0.1, 0.15) is 11.5 Å². The monoisotopic (exact) mass is 196 g/mol. The highest BCUT2D eigenvalue weighted by atomic mass is 35.5. The molecule has 1 aromatic heterocycles. The number of aromatic nitrogens is 1. The van der Waals surface area contributed by atoms with Crippen LogP contribution in [0.25, 0.3) is 0 Å². The van der Waals surface area contributed by atoms with E-state index < -0.39 is 11.9 Å². The van der Waals surface area contributed by atoms with Crippen molar-refractivity contribution in [2.24, 2.45) is 0 Å². The van der Waals surface area contributed by atoms with Crippen LogP contribution in [0.5, 0.6) is 0 Å². The molecule has 0 fully saturated rings. The van der Waals surface area contributed by atoms with Crippen LogP contribution in [0.4, 0.5) is 19.0 Å². The number of rotatable bonds is 0. The second kappa shape index (κ2) is 2.82. The average Bonchev–Trinajstić information content (AvgIpc) is 1.82. The molecule has 0 unspecified atom stereocenters. The number of nitrogens with zero attached hydrogens (tertiary/aromatic N) is 1. The number of anilines is 1. The molecule has 0 radical (unpaired) electrons. The van der Waals surface area contributed by atoms with Gasteiger partial charge in [-0.15, -0.1) is 0 Å². The highest BCUT2D eigenvalue weighted by Gasteiger charge is 2.32. The number of hydrogen-bond acceptors (Lipinski definition) is 2. The fraction of sp³-hybridized carbons (Fsp3) is 0.167. The van der Waals surface area contributed by atoms with Gasteiger partial charge in [-0.2, -0.15) is 13.2 Å². The Morgan fingerprint density at radius 3 is 2.33 bits per heavy atom. The number of halogens is 4. The SMILES string of the molecule is Nc1cc(Cl)cc(C(F)(F)F)n1. The second-order valence-corrected chi connectivity index (χ2v) is 2.53. The number of pyridine rings is 1. The summed E-state index contributed by atoms with van der Waals surface area (Å²) in [7, 11) is 0. The van der Waals surface area contributed by atoms with E-state index in [-0.39, 0.29) is 10.8 Å². The molecule has 12 heavy (non-hydrogen) atoms. The van der Waals surface area contributed by atoms with Crippen molar-refractivity contribution in [3.8, 4) is 0 Å². The number of alkyl halides is 3. The van der Waals surface area contributed by atoms with Crippen LogP contribution in [-0.4, -0.2) is 4.98 Å². The molecule has 1 aromatic rings. The van der Waals surface area contributed by atoms with Crippen molar-refractivity contribution in [3.05, 3.63) is 22.8 Å². The molecule has 0 aromatic carbocycles. The Bertz CT molecular complexity index is 277. The lowest BCUT2D eigenvalue weighted by Gasteiger charge is -2.05.